The molecule has 9 nitrogen and oxygen atoms in total. The van der Waals surface area contributed by atoms with Crippen molar-refractivity contribution in [2.75, 3.05) is 18.8 Å². The van der Waals surface area contributed by atoms with Crippen LogP contribution in [0.4, 0.5) is 0 Å². The van der Waals surface area contributed by atoms with Gasteiger partial charge in [-0.25, -0.2) is 21.6 Å². The van der Waals surface area contributed by atoms with Crippen LogP contribution in [-0.4, -0.2) is 52.7 Å². The van der Waals surface area contributed by atoms with E-state index in [1.54, 1.807) is 6.07 Å². The minimum atomic E-state index is -3.99. The van der Waals surface area contributed by atoms with Gasteiger partial charge in [0.15, 0.2) is 9.84 Å². The van der Waals surface area contributed by atoms with E-state index in [0.29, 0.717) is 10.6 Å². The third-order valence-electron chi connectivity index (χ3n) is 3.85. The molecule has 0 saturated heterocycles. The minimum Gasteiger partial charge on any atom is -0.480 e. The molecule has 0 unspecified atom stereocenters. The van der Waals surface area contributed by atoms with E-state index in [1.165, 1.54) is 42.5 Å². The summed E-state index contributed by atoms with van der Waals surface area (Å²) >= 11 is 5.75. The summed E-state index contributed by atoms with van der Waals surface area (Å²) in [7, 11) is -7.73. The van der Waals surface area contributed by atoms with E-state index in [4.69, 9.17) is 16.7 Å². The standard InChI is InChI=1S/C18H19ClN2O7S2/c19-14-4-6-15(7-5-14)30(27,28)21-9-8-13-2-1-3-16(10-13)29(25,26)12-17(22)20-11-18(23)24/h1-7,10,21H,8-9,11-12H2,(H,20,22)(H,23,24). The Kier molecular flexibility index (Phi) is 7.96. The Labute approximate surface area is 179 Å². The number of sulfone groups is 1. The number of benzene rings is 2. The van der Waals surface area contributed by atoms with Gasteiger partial charge in [0.2, 0.25) is 15.9 Å². The van der Waals surface area contributed by atoms with Crippen molar-refractivity contribution in [2.45, 2.75) is 16.2 Å². The highest BCUT2D eigenvalue weighted by Crippen LogP contribution is 2.15. The van der Waals surface area contributed by atoms with Gasteiger partial charge in [-0.05, 0) is 48.4 Å². The number of amides is 1. The van der Waals surface area contributed by atoms with E-state index >= 15 is 0 Å². The van der Waals surface area contributed by atoms with Gasteiger partial charge in [-0.2, -0.15) is 0 Å². The Balaban J connectivity index is 2.00. The molecule has 0 heterocycles. The van der Waals surface area contributed by atoms with Gasteiger partial charge in [-0.3, -0.25) is 9.59 Å². The number of halogens is 1. The van der Waals surface area contributed by atoms with Gasteiger partial charge in [-0.15, -0.1) is 0 Å². The van der Waals surface area contributed by atoms with Gasteiger partial charge < -0.3 is 10.4 Å². The van der Waals surface area contributed by atoms with Crippen LogP contribution in [0.3, 0.4) is 0 Å². The van der Waals surface area contributed by atoms with Gasteiger partial charge >= 0.3 is 5.97 Å². The van der Waals surface area contributed by atoms with Crippen LogP contribution in [0.15, 0.2) is 58.3 Å². The van der Waals surface area contributed by atoms with E-state index in [1.807, 2.05) is 5.32 Å². The average molecular weight is 475 g/mol. The van der Waals surface area contributed by atoms with Crippen molar-refractivity contribution in [1.82, 2.24) is 10.0 Å². The van der Waals surface area contributed by atoms with Crippen LogP contribution in [0.1, 0.15) is 5.56 Å². The quantitative estimate of drug-likeness (QED) is 0.462. The highest BCUT2D eigenvalue weighted by Gasteiger charge is 2.20. The van der Waals surface area contributed by atoms with E-state index in [0.717, 1.165) is 0 Å². The minimum absolute atomic E-state index is 0.0214. The number of rotatable bonds is 10. The van der Waals surface area contributed by atoms with Crippen LogP contribution < -0.4 is 10.0 Å². The van der Waals surface area contributed by atoms with Gasteiger partial charge in [0.1, 0.15) is 12.3 Å². The first-order chi connectivity index (χ1) is 14.0. The molecule has 0 fully saturated rings. The fourth-order valence-corrected chi connectivity index (χ4v) is 4.79. The van der Waals surface area contributed by atoms with E-state index in [2.05, 4.69) is 4.72 Å². The number of carboxylic acid groups (broad SMARTS) is 1. The predicted molar refractivity (Wildman–Crippen MR) is 109 cm³/mol. The largest absolute Gasteiger partial charge is 0.480 e. The predicted octanol–water partition coefficient (Wildman–Crippen LogP) is 0.836. The Bertz CT molecular complexity index is 1130. The van der Waals surface area contributed by atoms with Crippen LogP contribution in [0.5, 0.6) is 0 Å². The number of carbonyl (C=O) groups is 2. The number of hydrogen-bond donors (Lipinski definition) is 3. The molecule has 0 bridgehead atoms. The summed E-state index contributed by atoms with van der Waals surface area (Å²) in [6, 6.07) is 11.4. The topological polar surface area (TPSA) is 147 Å². The normalized spacial score (nSPS) is 11.8. The molecule has 0 radical (unpaired) electrons. The monoisotopic (exact) mass is 474 g/mol. The summed E-state index contributed by atoms with van der Waals surface area (Å²) in [6.07, 6.45) is 0.210. The Morgan fingerprint density at radius 3 is 2.27 bits per heavy atom. The lowest BCUT2D eigenvalue weighted by atomic mass is 10.2. The Hall–Kier alpha value is -2.47. The second kappa shape index (κ2) is 10.0. The van der Waals surface area contributed by atoms with Crippen molar-refractivity contribution in [3.63, 3.8) is 0 Å². The van der Waals surface area contributed by atoms with Crippen molar-refractivity contribution in [3.05, 3.63) is 59.1 Å². The van der Waals surface area contributed by atoms with Crippen LogP contribution >= 0.6 is 11.6 Å². The van der Waals surface area contributed by atoms with E-state index in [9.17, 15) is 26.4 Å². The molecule has 3 N–H and O–H groups in total. The summed E-state index contributed by atoms with van der Waals surface area (Å²) in [5.41, 5.74) is 0.542. The van der Waals surface area contributed by atoms with Crippen LogP contribution in [0, 0.1) is 0 Å². The van der Waals surface area contributed by atoms with Gasteiger partial charge in [0.25, 0.3) is 0 Å². The van der Waals surface area contributed by atoms with Crippen molar-refractivity contribution in [1.29, 1.82) is 0 Å². The molecule has 0 aliphatic carbocycles. The zero-order valence-electron chi connectivity index (χ0n) is 15.5. The van der Waals surface area contributed by atoms with Crippen molar-refractivity contribution in [3.8, 4) is 0 Å². The lowest BCUT2D eigenvalue weighted by Crippen LogP contribution is -2.34. The fourth-order valence-electron chi connectivity index (χ4n) is 2.40. The first-order valence-electron chi connectivity index (χ1n) is 8.55. The van der Waals surface area contributed by atoms with Crippen LogP contribution in [-0.2, 0) is 35.9 Å². The summed E-state index contributed by atoms with van der Waals surface area (Å²) in [6.45, 7) is -0.657. The molecule has 2 aromatic carbocycles. The van der Waals surface area contributed by atoms with E-state index < -0.39 is 44.0 Å². The van der Waals surface area contributed by atoms with Crippen LogP contribution in [0.25, 0.3) is 0 Å². The molecular formula is C18H19ClN2O7S2. The third-order valence-corrected chi connectivity index (χ3v) is 7.19. The number of sulfonamides is 1. The summed E-state index contributed by atoms with van der Waals surface area (Å²) in [5, 5.41) is 10.9. The van der Waals surface area contributed by atoms with Gasteiger partial charge in [-0.1, -0.05) is 23.7 Å². The third kappa shape index (κ3) is 7.10. The second-order valence-electron chi connectivity index (χ2n) is 6.18. The van der Waals surface area contributed by atoms with Gasteiger partial charge in [0.05, 0.1) is 9.79 Å². The summed E-state index contributed by atoms with van der Waals surface area (Å²) < 4.78 is 51.6. The molecule has 162 valence electrons. The zero-order valence-corrected chi connectivity index (χ0v) is 17.9. The molecule has 0 aromatic heterocycles. The van der Waals surface area contributed by atoms with Crippen molar-refractivity contribution < 1.29 is 31.5 Å². The molecular weight excluding hydrogens is 456 g/mol. The molecule has 2 aromatic rings. The highest BCUT2D eigenvalue weighted by molar-refractivity contribution is 7.92. The molecule has 0 spiro atoms. The second-order valence-corrected chi connectivity index (χ2v) is 10.4. The Morgan fingerprint density at radius 2 is 1.63 bits per heavy atom. The maximum absolute atomic E-state index is 12.4. The molecule has 2 rings (SSSR count). The molecule has 0 aliphatic rings. The van der Waals surface area contributed by atoms with Crippen molar-refractivity contribution >= 4 is 43.3 Å². The average Bonchev–Trinajstić information content (AvgIpc) is 2.66. The summed E-state index contributed by atoms with van der Waals surface area (Å²) in [4.78, 5) is 22.0. The van der Waals surface area contributed by atoms with Crippen molar-refractivity contribution in [2.24, 2.45) is 0 Å². The van der Waals surface area contributed by atoms with E-state index in [-0.39, 0.29) is 22.8 Å². The first-order valence-corrected chi connectivity index (χ1v) is 12.1. The molecule has 1 amide bonds. The smallest absolute Gasteiger partial charge is 0.322 e. The maximum Gasteiger partial charge on any atom is 0.322 e. The molecule has 0 aliphatic heterocycles. The van der Waals surface area contributed by atoms with Crippen LogP contribution in [0.2, 0.25) is 5.02 Å². The number of nitrogens with one attached hydrogen (secondary N) is 2. The molecule has 0 saturated carbocycles. The molecule has 0 atom stereocenters. The fraction of sp³-hybridized carbons (Fsp3) is 0.222. The number of aliphatic carboxylic acids is 1. The summed E-state index contributed by atoms with van der Waals surface area (Å²) in [5.74, 6) is -3.12. The molecule has 12 heteroatoms. The SMILES string of the molecule is O=C(O)CNC(=O)CS(=O)(=O)c1cccc(CCNS(=O)(=O)c2ccc(Cl)cc2)c1. The molecule has 30 heavy (non-hydrogen) atoms. The highest BCUT2D eigenvalue weighted by atomic mass is 35.5. The number of carboxylic acids is 1. The number of hydrogen-bond acceptors (Lipinski definition) is 6. The maximum atomic E-state index is 12.4. The zero-order chi connectivity index (χ0) is 22.4. The Morgan fingerprint density at radius 1 is 0.967 bits per heavy atom. The first kappa shape index (κ1) is 23.8. The lowest BCUT2D eigenvalue weighted by molar-refractivity contribution is -0.137. The lowest BCUT2D eigenvalue weighted by Gasteiger charge is -2.09. The number of carbonyl (C=O) groups excluding carboxylic acids is 1. The van der Waals surface area contributed by atoms with Gasteiger partial charge in [0, 0.05) is 11.6 Å².